The molecule has 0 saturated heterocycles. The Hall–Kier alpha value is -1.66. The Labute approximate surface area is 60.2 Å². The molecule has 0 saturated carbocycles. The largest absolute Gasteiger partial charge is 0.120 e. The van der Waals surface area contributed by atoms with Crippen molar-refractivity contribution in [2.75, 3.05) is 0 Å². The normalized spacial score (nSPS) is 12.2. The number of rotatable bonds is 0. The Morgan fingerprint density at radius 3 is 3.00 bits per heavy atom. The van der Waals surface area contributed by atoms with Crippen molar-refractivity contribution in [2.45, 2.75) is 0 Å². The monoisotopic (exact) mass is 126 g/mol. The summed E-state index contributed by atoms with van der Waals surface area (Å²) in [4.78, 5) is 0. The first-order chi connectivity index (χ1) is 4.93. The van der Waals surface area contributed by atoms with E-state index in [-0.39, 0.29) is 0 Å². The minimum absolute atomic E-state index is 0.943. The van der Waals surface area contributed by atoms with Crippen molar-refractivity contribution < 1.29 is 0 Å². The summed E-state index contributed by atoms with van der Waals surface area (Å²) in [6.07, 6.45) is 7.47. The van der Waals surface area contributed by atoms with Gasteiger partial charge in [0.25, 0.3) is 0 Å². The minimum atomic E-state index is 0.943. The molecule has 0 heterocycles. The van der Waals surface area contributed by atoms with Crippen LogP contribution in [0.15, 0.2) is 59.4 Å². The third kappa shape index (κ3) is 1.69. The Kier molecular flexibility index (Phi) is 2.18. The lowest BCUT2D eigenvalue weighted by molar-refractivity contribution is 1.69. The molecule has 0 bridgehead atoms. The van der Waals surface area contributed by atoms with Gasteiger partial charge in [-0.15, -0.1) is 5.73 Å². The van der Waals surface area contributed by atoms with Gasteiger partial charge in [-0.2, -0.15) is 0 Å². The van der Waals surface area contributed by atoms with Gasteiger partial charge in [0, 0.05) is 5.57 Å². The highest BCUT2D eigenvalue weighted by Gasteiger charge is 1.82. The third-order valence-electron chi connectivity index (χ3n) is 1.00. The van der Waals surface area contributed by atoms with Gasteiger partial charge in [-0.3, -0.25) is 0 Å². The number of allylic oxidation sites excluding steroid dienone is 4. The van der Waals surface area contributed by atoms with Crippen molar-refractivity contribution in [1.82, 2.24) is 0 Å². The molecule has 1 aliphatic rings. The lowest BCUT2D eigenvalue weighted by Crippen LogP contribution is -1.67. The molecule has 0 spiro atoms. The van der Waals surface area contributed by atoms with E-state index in [4.69, 9.17) is 0 Å². The smallest absolute Gasteiger partial charge is 0.0332 e. The summed E-state index contributed by atoms with van der Waals surface area (Å²) in [6.45, 7) is 3.37. The Morgan fingerprint density at radius 1 is 1.50 bits per heavy atom. The molecule has 0 aromatic heterocycles. The van der Waals surface area contributed by atoms with Gasteiger partial charge in [-0.05, 0) is 30.5 Å². The molecule has 0 nitrogen and oxygen atoms in total. The summed E-state index contributed by atoms with van der Waals surface area (Å²) < 4.78 is 0. The lowest BCUT2D eigenvalue weighted by atomic mass is 10.2. The summed E-state index contributed by atoms with van der Waals surface area (Å²) in [7, 11) is 0. The molecule has 0 aromatic carbocycles. The Morgan fingerprint density at radius 2 is 2.40 bits per heavy atom. The van der Waals surface area contributed by atoms with E-state index in [0.29, 0.717) is 0 Å². The minimum Gasteiger partial charge on any atom is -0.120 e. The van der Waals surface area contributed by atoms with E-state index in [0.717, 1.165) is 5.57 Å². The molecule has 0 unspecified atom stereocenters. The SMILES string of the molecule is C=C=C=C=C1C=C=CC=C1. The van der Waals surface area contributed by atoms with Crippen LogP contribution in [0.1, 0.15) is 0 Å². The topological polar surface area (TPSA) is 0 Å². The van der Waals surface area contributed by atoms with Crippen LogP contribution in [0.2, 0.25) is 0 Å². The highest BCUT2D eigenvalue weighted by Crippen LogP contribution is 1.99. The second-order valence-corrected chi connectivity index (χ2v) is 1.72. The lowest BCUT2D eigenvalue weighted by Gasteiger charge is -1.85. The summed E-state index contributed by atoms with van der Waals surface area (Å²) in [5.74, 6) is 0. The van der Waals surface area contributed by atoms with E-state index in [2.05, 4.69) is 29.5 Å². The van der Waals surface area contributed by atoms with E-state index in [1.165, 1.54) is 0 Å². The van der Waals surface area contributed by atoms with Crippen LogP contribution in [-0.2, 0) is 0 Å². The van der Waals surface area contributed by atoms with Gasteiger partial charge in [-0.1, -0.05) is 17.5 Å². The van der Waals surface area contributed by atoms with E-state index < -0.39 is 0 Å². The van der Waals surface area contributed by atoms with Crippen LogP contribution < -0.4 is 0 Å². The van der Waals surface area contributed by atoms with E-state index in [1.54, 1.807) is 0 Å². The molecule has 0 aliphatic heterocycles. The first kappa shape index (κ1) is 6.46. The van der Waals surface area contributed by atoms with Crippen LogP contribution in [0, 0.1) is 0 Å². The molecule has 0 heteroatoms. The summed E-state index contributed by atoms with van der Waals surface area (Å²) in [5, 5.41) is 0. The number of hydrogen-bond donors (Lipinski definition) is 0. The van der Waals surface area contributed by atoms with Crippen molar-refractivity contribution in [2.24, 2.45) is 0 Å². The molecule has 46 valence electrons. The first-order valence-corrected chi connectivity index (χ1v) is 2.92. The van der Waals surface area contributed by atoms with Crippen LogP contribution in [0.5, 0.6) is 0 Å². The fraction of sp³-hybridized carbons (Fsp3) is 0. The van der Waals surface area contributed by atoms with Gasteiger partial charge >= 0.3 is 0 Å². The Balaban J connectivity index is 3.20. The van der Waals surface area contributed by atoms with Crippen molar-refractivity contribution in [3.63, 3.8) is 0 Å². The predicted octanol–water partition coefficient (Wildman–Crippen LogP) is 2.29. The maximum atomic E-state index is 3.37. The van der Waals surface area contributed by atoms with Crippen molar-refractivity contribution in [1.29, 1.82) is 0 Å². The van der Waals surface area contributed by atoms with Crippen LogP contribution in [-0.4, -0.2) is 0 Å². The molecule has 0 radical (unpaired) electrons. The summed E-state index contributed by atoms with van der Waals surface area (Å²) in [6, 6.07) is 0. The zero-order valence-electron chi connectivity index (χ0n) is 5.52. The second-order valence-electron chi connectivity index (χ2n) is 1.72. The molecule has 10 heavy (non-hydrogen) atoms. The van der Waals surface area contributed by atoms with E-state index in [1.807, 2.05) is 24.3 Å². The molecule has 0 aromatic rings. The van der Waals surface area contributed by atoms with Crippen LogP contribution in [0.25, 0.3) is 0 Å². The zero-order valence-corrected chi connectivity index (χ0v) is 5.52. The van der Waals surface area contributed by atoms with Crippen LogP contribution in [0.3, 0.4) is 0 Å². The molecule has 1 aliphatic carbocycles. The van der Waals surface area contributed by atoms with Gasteiger partial charge < -0.3 is 0 Å². The van der Waals surface area contributed by atoms with Gasteiger partial charge in [0.05, 0.1) is 0 Å². The fourth-order valence-corrected chi connectivity index (χ4v) is 0.587. The average molecular weight is 126 g/mol. The summed E-state index contributed by atoms with van der Waals surface area (Å²) in [5.41, 5.74) is 11.8. The van der Waals surface area contributed by atoms with Crippen LogP contribution in [0.4, 0.5) is 0 Å². The van der Waals surface area contributed by atoms with E-state index >= 15 is 0 Å². The van der Waals surface area contributed by atoms with Gasteiger partial charge in [0.15, 0.2) is 0 Å². The standard InChI is InChI=1S/C10H6/c1-2-3-7-10-8-5-4-6-9-10/h4-5,8-9H,1H2. The molecule has 1 rings (SSSR count). The zero-order chi connectivity index (χ0) is 7.23. The predicted molar refractivity (Wildman–Crippen MR) is 41.5 cm³/mol. The third-order valence-corrected chi connectivity index (χ3v) is 1.00. The summed E-state index contributed by atoms with van der Waals surface area (Å²) >= 11 is 0. The van der Waals surface area contributed by atoms with Crippen molar-refractivity contribution >= 4 is 0 Å². The highest BCUT2D eigenvalue weighted by molar-refractivity contribution is 5.35. The molecular weight excluding hydrogens is 120 g/mol. The maximum Gasteiger partial charge on any atom is 0.0332 e. The van der Waals surface area contributed by atoms with Crippen LogP contribution >= 0.6 is 0 Å². The van der Waals surface area contributed by atoms with Gasteiger partial charge in [-0.25, -0.2) is 0 Å². The van der Waals surface area contributed by atoms with Gasteiger partial charge in [0.1, 0.15) is 0 Å². The molecule has 0 atom stereocenters. The van der Waals surface area contributed by atoms with Crippen molar-refractivity contribution in [3.8, 4) is 0 Å². The molecular formula is C10H6. The molecule has 0 fully saturated rings. The number of hydrogen-bond acceptors (Lipinski definition) is 0. The fourth-order valence-electron chi connectivity index (χ4n) is 0.587. The molecule has 0 N–H and O–H groups in total. The maximum absolute atomic E-state index is 3.37. The second kappa shape index (κ2) is 3.38. The highest BCUT2D eigenvalue weighted by atomic mass is 13.8. The quantitative estimate of drug-likeness (QED) is 0.437. The van der Waals surface area contributed by atoms with Crippen molar-refractivity contribution in [3.05, 3.63) is 59.4 Å². The van der Waals surface area contributed by atoms with Gasteiger partial charge in [0.2, 0.25) is 0 Å². The Bertz CT molecular complexity index is 328. The van der Waals surface area contributed by atoms with E-state index in [9.17, 15) is 0 Å². The first-order valence-electron chi connectivity index (χ1n) is 2.92. The average Bonchev–Trinajstić information content (AvgIpc) is 2.03. The molecule has 0 amide bonds.